The van der Waals surface area contributed by atoms with Gasteiger partial charge >= 0.3 is 5.97 Å². The summed E-state index contributed by atoms with van der Waals surface area (Å²) in [6.45, 7) is 3.39. The fourth-order valence-electron chi connectivity index (χ4n) is 1.63. The molecule has 7 heteroatoms. The standard InChI is InChI=1S/C12H19NO4S2/c1-12(2,7-5-11(14)15)13-19(16,17)9-6-10-4-3-8-18-10/h3-4,8,13H,5-7,9H2,1-2H3,(H,14,15). The number of aliphatic carboxylic acids is 1. The van der Waals surface area contributed by atoms with E-state index in [4.69, 9.17) is 5.11 Å². The highest BCUT2D eigenvalue weighted by Crippen LogP contribution is 2.14. The smallest absolute Gasteiger partial charge is 0.303 e. The zero-order valence-electron chi connectivity index (χ0n) is 11.0. The molecule has 0 aliphatic rings. The SMILES string of the molecule is CC(C)(CCC(=O)O)NS(=O)(=O)CCc1cccs1. The third-order valence-corrected chi connectivity index (χ3v) is 5.13. The summed E-state index contributed by atoms with van der Waals surface area (Å²) in [6, 6.07) is 3.78. The molecule has 19 heavy (non-hydrogen) atoms. The van der Waals surface area contributed by atoms with Gasteiger partial charge in [0.05, 0.1) is 5.75 Å². The van der Waals surface area contributed by atoms with E-state index in [-0.39, 0.29) is 18.6 Å². The summed E-state index contributed by atoms with van der Waals surface area (Å²) in [5.74, 6) is -0.907. The van der Waals surface area contributed by atoms with Crippen LogP contribution in [0.4, 0.5) is 0 Å². The van der Waals surface area contributed by atoms with Crippen molar-refractivity contribution < 1.29 is 18.3 Å². The molecule has 2 N–H and O–H groups in total. The number of rotatable bonds is 8. The van der Waals surface area contributed by atoms with E-state index in [0.717, 1.165) is 4.88 Å². The molecule has 0 aliphatic heterocycles. The average molecular weight is 305 g/mol. The minimum Gasteiger partial charge on any atom is -0.481 e. The molecule has 0 unspecified atom stereocenters. The van der Waals surface area contributed by atoms with Gasteiger partial charge in [-0.3, -0.25) is 4.79 Å². The second-order valence-electron chi connectivity index (χ2n) is 5.03. The summed E-state index contributed by atoms with van der Waals surface area (Å²) < 4.78 is 26.4. The van der Waals surface area contributed by atoms with Crippen LogP contribution in [0.25, 0.3) is 0 Å². The number of hydrogen-bond acceptors (Lipinski definition) is 4. The predicted octanol–water partition coefficient (Wildman–Crippen LogP) is 1.85. The predicted molar refractivity (Wildman–Crippen MR) is 75.9 cm³/mol. The van der Waals surface area contributed by atoms with E-state index >= 15 is 0 Å². The topological polar surface area (TPSA) is 83.5 Å². The van der Waals surface area contributed by atoms with Crippen LogP contribution in [0.3, 0.4) is 0 Å². The van der Waals surface area contributed by atoms with Gasteiger partial charge in [0, 0.05) is 16.8 Å². The van der Waals surface area contributed by atoms with Crippen molar-refractivity contribution in [3.05, 3.63) is 22.4 Å². The molecule has 108 valence electrons. The highest BCUT2D eigenvalue weighted by Gasteiger charge is 2.25. The Bertz CT molecular complexity index is 506. The summed E-state index contributed by atoms with van der Waals surface area (Å²) in [5.41, 5.74) is -0.743. The maximum atomic E-state index is 11.9. The molecule has 1 aromatic heterocycles. The first-order chi connectivity index (χ1) is 8.70. The molecule has 0 radical (unpaired) electrons. The van der Waals surface area contributed by atoms with Gasteiger partial charge in [-0.25, -0.2) is 13.1 Å². The lowest BCUT2D eigenvalue weighted by atomic mass is 10.0. The Balaban J connectivity index is 2.50. The second-order valence-corrected chi connectivity index (χ2v) is 7.90. The first kappa shape index (κ1) is 16.1. The zero-order valence-corrected chi connectivity index (χ0v) is 12.7. The van der Waals surface area contributed by atoms with Crippen LogP contribution in [0.15, 0.2) is 17.5 Å². The number of nitrogens with one attached hydrogen (secondary N) is 1. The van der Waals surface area contributed by atoms with Crippen molar-refractivity contribution >= 4 is 27.3 Å². The van der Waals surface area contributed by atoms with E-state index in [0.29, 0.717) is 6.42 Å². The van der Waals surface area contributed by atoms with E-state index in [1.54, 1.807) is 13.8 Å². The molecule has 5 nitrogen and oxygen atoms in total. The molecule has 0 amide bonds. The van der Waals surface area contributed by atoms with E-state index in [9.17, 15) is 13.2 Å². The zero-order chi connectivity index (χ0) is 14.5. The Labute approximate surface area is 117 Å². The Kier molecular flexibility index (Phi) is 5.51. The van der Waals surface area contributed by atoms with Crippen LogP contribution in [0.1, 0.15) is 31.6 Å². The number of aryl methyl sites for hydroxylation is 1. The van der Waals surface area contributed by atoms with Crippen molar-refractivity contribution in [2.45, 2.75) is 38.6 Å². The fraction of sp³-hybridized carbons (Fsp3) is 0.583. The van der Waals surface area contributed by atoms with E-state index in [1.165, 1.54) is 11.3 Å². The third kappa shape index (κ3) is 6.70. The number of hydrogen-bond donors (Lipinski definition) is 2. The van der Waals surface area contributed by atoms with Gasteiger partial charge < -0.3 is 5.11 Å². The number of carboxylic acid groups (broad SMARTS) is 1. The Morgan fingerprint density at radius 1 is 1.47 bits per heavy atom. The Morgan fingerprint density at radius 3 is 2.68 bits per heavy atom. The van der Waals surface area contributed by atoms with Crippen LogP contribution in [-0.4, -0.2) is 30.8 Å². The van der Waals surface area contributed by atoms with Gasteiger partial charge in [0.1, 0.15) is 0 Å². The molecule has 0 bridgehead atoms. The lowest BCUT2D eigenvalue weighted by Crippen LogP contribution is -2.44. The van der Waals surface area contributed by atoms with Crippen molar-refractivity contribution in [1.82, 2.24) is 4.72 Å². The fourth-order valence-corrected chi connectivity index (χ4v) is 4.01. The number of carbonyl (C=O) groups is 1. The van der Waals surface area contributed by atoms with Gasteiger partial charge in [-0.05, 0) is 38.1 Å². The summed E-state index contributed by atoms with van der Waals surface area (Å²) in [4.78, 5) is 11.5. The summed E-state index contributed by atoms with van der Waals surface area (Å²) in [7, 11) is -3.40. The molecule has 0 spiro atoms. The average Bonchev–Trinajstić information content (AvgIpc) is 2.75. The molecule has 0 fully saturated rings. The first-order valence-electron chi connectivity index (χ1n) is 5.96. The maximum absolute atomic E-state index is 11.9. The summed E-state index contributed by atoms with van der Waals surface area (Å²) >= 11 is 1.53. The van der Waals surface area contributed by atoms with Crippen molar-refractivity contribution in [1.29, 1.82) is 0 Å². The van der Waals surface area contributed by atoms with Gasteiger partial charge in [0.25, 0.3) is 0 Å². The van der Waals surface area contributed by atoms with Crippen LogP contribution in [0.5, 0.6) is 0 Å². The minimum atomic E-state index is -3.40. The number of thiophene rings is 1. The van der Waals surface area contributed by atoms with E-state index in [1.807, 2.05) is 17.5 Å². The van der Waals surface area contributed by atoms with Crippen LogP contribution in [-0.2, 0) is 21.2 Å². The van der Waals surface area contributed by atoms with Crippen molar-refractivity contribution in [2.24, 2.45) is 0 Å². The van der Waals surface area contributed by atoms with Crippen molar-refractivity contribution in [3.8, 4) is 0 Å². The van der Waals surface area contributed by atoms with Crippen LogP contribution in [0.2, 0.25) is 0 Å². The maximum Gasteiger partial charge on any atom is 0.303 e. The quantitative estimate of drug-likeness (QED) is 0.768. The lowest BCUT2D eigenvalue weighted by Gasteiger charge is -2.25. The van der Waals surface area contributed by atoms with E-state index in [2.05, 4.69) is 4.72 Å². The van der Waals surface area contributed by atoms with Crippen LogP contribution < -0.4 is 4.72 Å². The monoisotopic (exact) mass is 305 g/mol. The second kappa shape index (κ2) is 6.49. The van der Waals surface area contributed by atoms with Gasteiger partial charge in [-0.1, -0.05) is 6.07 Å². The molecule has 0 saturated heterocycles. The Morgan fingerprint density at radius 2 is 2.16 bits per heavy atom. The van der Waals surface area contributed by atoms with Crippen molar-refractivity contribution in [3.63, 3.8) is 0 Å². The number of sulfonamides is 1. The normalized spacial score (nSPS) is 12.5. The van der Waals surface area contributed by atoms with E-state index < -0.39 is 21.5 Å². The molecule has 0 atom stereocenters. The van der Waals surface area contributed by atoms with Crippen molar-refractivity contribution in [2.75, 3.05) is 5.75 Å². The van der Waals surface area contributed by atoms with Gasteiger partial charge in [0.2, 0.25) is 10.0 Å². The van der Waals surface area contributed by atoms with Crippen LogP contribution in [0, 0.1) is 0 Å². The molecule has 1 aromatic rings. The van der Waals surface area contributed by atoms with Gasteiger partial charge in [0.15, 0.2) is 0 Å². The molecule has 0 aliphatic carbocycles. The number of carboxylic acids is 1. The molecule has 0 saturated carbocycles. The largest absolute Gasteiger partial charge is 0.481 e. The Hall–Kier alpha value is -0.920. The summed E-state index contributed by atoms with van der Waals surface area (Å²) in [6.07, 6.45) is 0.684. The third-order valence-electron chi connectivity index (χ3n) is 2.59. The molecular formula is C12H19NO4S2. The molecular weight excluding hydrogens is 286 g/mol. The molecule has 1 heterocycles. The highest BCUT2D eigenvalue weighted by molar-refractivity contribution is 7.89. The summed E-state index contributed by atoms with van der Waals surface area (Å²) in [5, 5.41) is 10.5. The first-order valence-corrected chi connectivity index (χ1v) is 8.49. The lowest BCUT2D eigenvalue weighted by molar-refractivity contribution is -0.137. The highest BCUT2D eigenvalue weighted by atomic mass is 32.2. The van der Waals surface area contributed by atoms with Gasteiger partial charge in [-0.15, -0.1) is 11.3 Å². The minimum absolute atomic E-state index is 0.0179. The van der Waals surface area contributed by atoms with Crippen LogP contribution >= 0.6 is 11.3 Å². The molecule has 0 aromatic carbocycles. The molecule has 1 rings (SSSR count). The van der Waals surface area contributed by atoms with Gasteiger partial charge in [-0.2, -0.15) is 0 Å².